The Labute approximate surface area is 87.8 Å². The minimum absolute atomic E-state index is 0.429. The summed E-state index contributed by atoms with van der Waals surface area (Å²) in [5.41, 5.74) is 2.15. The Kier molecular flexibility index (Phi) is 2.37. The third-order valence-electron chi connectivity index (χ3n) is 2.55. The molecule has 3 nitrogen and oxygen atoms in total. The summed E-state index contributed by atoms with van der Waals surface area (Å²) in [5, 5.41) is 0. The molecule has 74 valence electrons. The second kappa shape index (κ2) is 3.53. The predicted molar refractivity (Wildman–Crippen MR) is 59.9 cm³/mol. The third-order valence-corrected chi connectivity index (χ3v) is 2.85. The van der Waals surface area contributed by atoms with Crippen molar-refractivity contribution in [3.8, 4) is 0 Å². The summed E-state index contributed by atoms with van der Waals surface area (Å²) in [4.78, 5) is 7.22. The Hall–Kier alpha value is -1.16. The number of nitrogens with zero attached hydrogens (tertiary/aromatic N) is 2. The SMILES string of the molecule is CCC(C)n1c(=S)[nH]c2cnccc21. The molecule has 0 saturated heterocycles. The fourth-order valence-corrected chi connectivity index (χ4v) is 1.99. The van der Waals surface area contributed by atoms with Gasteiger partial charge in [-0.05, 0) is 31.6 Å². The smallest absolute Gasteiger partial charge is 0.178 e. The van der Waals surface area contributed by atoms with Crippen LogP contribution in [0.3, 0.4) is 0 Å². The van der Waals surface area contributed by atoms with Gasteiger partial charge in [-0.15, -0.1) is 0 Å². The quantitative estimate of drug-likeness (QED) is 0.768. The molecule has 2 aromatic heterocycles. The van der Waals surface area contributed by atoms with Gasteiger partial charge >= 0.3 is 0 Å². The highest BCUT2D eigenvalue weighted by Gasteiger charge is 2.08. The van der Waals surface area contributed by atoms with Gasteiger partial charge in [0.15, 0.2) is 4.77 Å². The van der Waals surface area contributed by atoms with Gasteiger partial charge in [0.1, 0.15) is 0 Å². The maximum absolute atomic E-state index is 5.28. The topological polar surface area (TPSA) is 33.6 Å². The van der Waals surface area contributed by atoms with Crippen molar-refractivity contribution in [1.29, 1.82) is 0 Å². The highest BCUT2D eigenvalue weighted by atomic mass is 32.1. The normalized spacial score (nSPS) is 13.3. The van der Waals surface area contributed by atoms with E-state index in [-0.39, 0.29) is 0 Å². The molecule has 0 spiro atoms. The lowest BCUT2D eigenvalue weighted by Crippen LogP contribution is -2.03. The number of rotatable bonds is 2. The summed E-state index contributed by atoms with van der Waals surface area (Å²) in [7, 11) is 0. The minimum Gasteiger partial charge on any atom is -0.329 e. The molecule has 1 atom stereocenters. The van der Waals surface area contributed by atoms with Crippen molar-refractivity contribution in [3.63, 3.8) is 0 Å². The standard InChI is InChI=1S/C10H13N3S/c1-3-7(2)13-9-4-5-11-6-8(9)12-10(13)14/h4-7H,3H2,1-2H3,(H,12,14). The first-order valence-corrected chi connectivity index (χ1v) is 5.19. The lowest BCUT2D eigenvalue weighted by Gasteiger charge is -2.11. The molecule has 0 aliphatic heterocycles. The van der Waals surface area contributed by atoms with E-state index in [1.807, 2.05) is 12.3 Å². The van der Waals surface area contributed by atoms with Crippen LogP contribution in [0, 0.1) is 4.77 Å². The minimum atomic E-state index is 0.429. The van der Waals surface area contributed by atoms with Crippen molar-refractivity contribution in [2.24, 2.45) is 0 Å². The number of imidazole rings is 1. The summed E-state index contributed by atoms with van der Waals surface area (Å²) >= 11 is 5.28. The number of aromatic nitrogens is 3. The van der Waals surface area contributed by atoms with E-state index in [9.17, 15) is 0 Å². The molecule has 1 N–H and O–H groups in total. The average Bonchev–Trinajstić information content (AvgIpc) is 2.53. The molecule has 0 saturated carbocycles. The van der Waals surface area contributed by atoms with E-state index >= 15 is 0 Å². The Balaban J connectivity index is 2.74. The number of nitrogens with one attached hydrogen (secondary N) is 1. The maximum atomic E-state index is 5.28. The van der Waals surface area contributed by atoms with Crippen molar-refractivity contribution in [3.05, 3.63) is 23.2 Å². The molecule has 0 aliphatic carbocycles. The van der Waals surface area contributed by atoms with Crippen LogP contribution in [0.5, 0.6) is 0 Å². The molecule has 0 amide bonds. The van der Waals surface area contributed by atoms with Crippen LogP contribution in [0.2, 0.25) is 0 Å². The third kappa shape index (κ3) is 1.35. The zero-order valence-corrected chi connectivity index (χ0v) is 9.14. The largest absolute Gasteiger partial charge is 0.329 e. The zero-order valence-electron chi connectivity index (χ0n) is 8.32. The fraction of sp³-hybridized carbons (Fsp3) is 0.400. The van der Waals surface area contributed by atoms with Crippen LogP contribution in [0.15, 0.2) is 18.5 Å². The number of fused-ring (bicyclic) bond motifs is 1. The molecule has 2 heterocycles. The molecule has 14 heavy (non-hydrogen) atoms. The van der Waals surface area contributed by atoms with Gasteiger partial charge in [-0.1, -0.05) is 6.92 Å². The number of hydrogen-bond donors (Lipinski definition) is 1. The lowest BCUT2D eigenvalue weighted by atomic mass is 10.2. The second-order valence-electron chi connectivity index (χ2n) is 3.45. The second-order valence-corrected chi connectivity index (χ2v) is 3.84. The first kappa shape index (κ1) is 9.40. The van der Waals surface area contributed by atoms with Gasteiger partial charge < -0.3 is 9.55 Å². The Morgan fingerprint density at radius 3 is 3.14 bits per heavy atom. The summed E-state index contributed by atoms with van der Waals surface area (Å²) in [5.74, 6) is 0. The first-order valence-electron chi connectivity index (χ1n) is 4.78. The number of hydrogen-bond acceptors (Lipinski definition) is 2. The molecule has 2 rings (SSSR count). The van der Waals surface area contributed by atoms with Crippen LogP contribution in [-0.4, -0.2) is 14.5 Å². The molecule has 0 radical (unpaired) electrons. The van der Waals surface area contributed by atoms with E-state index in [0.29, 0.717) is 6.04 Å². The van der Waals surface area contributed by atoms with E-state index in [0.717, 1.165) is 22.2 Å². The molecular weight excluding hydrogens is 194 g/mol. The summed E-state index contributed by atoms with van der Waals surface area (Å²) in [6.45, 7) is 4.33. The van der Waals surface area contributed by atoms with Gasteiger partial charge in [0, 0.05) is 12.2 Å². The predicted octanol–water partition coefficient (Wildman–Crippen LogP) is 3.06. The van der Waals surface area contributed by atoms with Crippen molar-refractivity contribution in [2.75, 3.05) is 0 Å². The number of aromatic amines is 1. The van der Waals surface area contributed by atoms with Crippen LogP contribution >= 0.6 is 12.2 Å². The highest BCUT2D eigenvalue weighted by molar-refractivity contribution is 7.71. The van der Waals surface area contributed by atoms with E-state index < -0.39 is 0 Å². The van der Waals surface area contributed by atoms with E-state index in [2.05, 4.69) is 28.4 Å². The van der Waals surface area contributed by atoms with Gasteiger partial charge in [-0.3, -0.25) is 4.98 Å². The van der Waals surface area contributed by atoms with E-state index in [4.69, 9.17) is 12.2 Å². The maximum Gasteiger partial charge on any atom is 0.178 e. The van der Waals surface area contributed by atoms with Crippen molar-refractivity contribution in [1.82, 2.24) is 14.5 Å². The molecule has 0 aromatic carbocycles. The molecule has 0 aliphatic rings. The van der Waals surface area contributed by atoms with Gasteiger partial charge in [0.05, 0.1) is 17.2 Å². The van der Waals surface area contributed by atoms with Crippen molar-refractivity contribution < 1.29 is 0 Å². The summed E-state index contributed by atoms with van der Waals surface area (Å²) in [6, 6.07) is 2.42. The van der Waals surface area contributed by atoms with E-state index in [1.165, 1.54) is 0 Å². The molecule has 0 fully saturated rings. The summed E-state index contributed by atoms with van der Waals surface area (Å²) in [6.07, 6.45) is 4.68. The van der Waals surface area contributed by atoms with Crippen LogP contribution < -0.4 is 0 Å². The van der Waals surface area contributed by atoms with Crippen LogP contribution in [0.4, 0.5) is 0 Å². The Morgan fingerprint density at radius 1 is 1.64 bits per heavy atom. The molecule has 2 aromatic rings. The summed E-state index contributed by atoms with van der Waals surface area (Å²) < 4.78 is 2.93. The Morgan fingerprint density at radius 2 is 2.43 bits per heavy atom. The van der Waals surface area contributed by atoms with Crippen molar-refractivity contribution >= 4 is 23.3 Å². The van der Waals surface area contributed by atoms with Crippen LogP contribution in [0.1, 0.15) is 26.3 Å². The Bertz CT molecular complexity index is 497. The highest BCUT2D eigenvalue weighted by Crippen LogP contribution is 2.19. The van der Waals surface area contributed by atoms with Crippen molar-refractivity contribution in [2.45, 2.75) is 26.3 Å². The van der Waals surface area contributed by atoms with Crippen LogP contribution in [0.25, 0.3) is 11.0 Å². The monoisotopic (exact) mass is 207 g/mol. The number of pyridine rings is 1. The van der Waals surface area contributed by atoms with E-state index in [1.54, 1.807) is 6.20 Å². The lowest BCUT2D eigenvalue weighted by molar-refractivity contribution is 0.539. The van der Waals surface area contributed by atoms with Gasteiger partial charge in [-0.2, -0.15) is 0 Å². The first-order chi connectivity index (χ1) is 6.74. The molecule has 0 bridgehead atoms. The fourth-order valence-electron chi connectivity index (χ4n) is 1.60. The average molecular weight is 207 g/mol. The van der Waals surface area contributed by atoms with Crippen LogP contribution in [-0.2, 0) is 0 Å². The number of H-pyrrole nitrogens is 1. The van der Waals surface area contributed by atoms with Gasteiger partial charge in [-0.25, -0.2) is 0 Å². The molecular formula is C10H13N3S. The van der Waals surface area contributed by atoms with Gasteiger partial charge in [0.25, 0.3) is 0 Å². The zero-order chi connectivity index (χ0) is 10.1. The molecule has 1 unspecified atom stereocenters. The molecule has 4 heteroatoms. The van der Waals surface area contributed by atoms with Gasteiger partial charge in [0.2, 0.25) is 0 Å².